The number of aliphatic hydroxyl groups is 1. The van der Waals surface area contributed by atoms with Gasteiger partial charge in [-0.05, 0) is 38.5 Å². The summed E-state index contributed by atoms with van der Waals surface area (Å²) in [6, 6.07) is 0.397. The van der Waals surface area contributed by atoms with Gasteiger partial charge in [0.1, 0.15) is 0 Å². The Morgan fingerprint density at radius 2 is 1.70 bits per heavy atom. The van der Waals surface area contributed by atoms with Crippen LogP contribution in [-0.2, 0) is 4.79 Å². The average molecular weight is 296 g/mol. The van der Waals surface area contributed by atoms with Crippen molar-refractivity contribution in [1.82, 2.24) is 4.90 Å². The van der Waals surface area contributed by atoms with Gasteiger partial charge in [0.25, 0.3) is 0 Å². The zero-order valence-corrected chi connectivity index (χ0v) is 12.7. The largest absolute Gasteiger partial charge is 0.393 e. The highest BCUT2D eigenvalue weighted by Gasteiger charge is 2.51. The Kier molecular flexibility index (Phi) is 3.75. The monoisotopic (exact) mass is 296 g/mol. The van der Waals surface area contributed by atoms with Crippen LogP contribution in [-0.4, -0.2) is 39.1 Å². The first-order chi connectivity index (χ1) is 9.54. The van der Waals surface area contributed by atoms with Crippen molar-refractivity contribution in [3.63, 3.8) is 0 Å². The molecule has 20 heavy (non-hydrogen) atoms. The van der Waals surface area contributed by atoms with E-state index >= 15 is 0 Å². The van der Waals surface area contributed by atoms with E-state index in [-0.39, 0.29) is 24.1 Å². The smallest absolute Gasteiger partial charge is 0.236 e. The molecule has 0 spiro atoms. The molecule has 1 saturated carbocycles. The summed E-state index contributed by atoms with van der Waals surface area (Å²) in [5.41, 5.74) is 5.38. The molecule has 2 saturated heterocycles. The third kappa shape index (κ3) is 2.15. The molecule has 2 aliphatic heterocycles. The molecule has 3 fully saturated rings. The summed E-state index contributed by atoms with van der Waals surface area (Å²) < 4.78 is 0. The third-order valence-corrected chi connectivity index (χ3v) is 5.92. The molecule has 3 N–H and O–H groups in total. The minimum absolute atomic E-state index is 0.157. The van der Waals surface area contributed by atoms with Crippen molar-refractivity contribution in [3.05, 3.63) is 0 Å². The van der Waals surface area contributed by atoms with E-state index in [1.807, 2.05) is 4.90 Å². The van der Waals surface area contributed by atoms with E-state index in [1.165, 1.54) is 6.42 Å². The second-order valence-corrected chi connectivity index (χ2v) is 7.17. The van der Waals surface area contributed by atoms with Crippen LogP contribution in [0.5, 0.6) is 0 Å². The maximum atomic E-state index is 13.2. The number of nitrogens with two attached hydrogens (primary N) is 1. The lowest BCUT2D eigenvalue weighted by Gasteiger charge is -2.44. The summed E-state index contributed by atoms with van der Waals surface area (Å²) in [7, 11) is 0. The standard InChI is InChI=1S/C15H24N2O2S/c16-13(20)15(6-2-1-3-7-15)14(19)17-10-4-5-11(17)9-12(18)8-10/h10-12,18H,1-9H2,(H2,16,20). The van der Waals surface area contributed by atoms with Crippen LogP contribution >= 0.6 is 12.2 Å². The molecular formula is C15H24N2O2S. The van der Waals surface area contributed by atoms with E-state index < -0.39 is 5.41 Å². The van der Waals surface area contributed by atoms with Crippen LogP contribution in [0, 0.1) is 5.41 Å². The van der Waals surface area contributed by atoms with E-state index in [9.17, 15) is 9.90 Å². The van der Waals surface area contributed by atoms with Crippen molar-refractivity contribution in [1.29, 1.82) is 0 Å². The van der Waals surface area contributed by atoms with Crippen molar-refractivity contribution < 1.29 is 9.90 Å². The molecule has 2 bridgehead atoms. The summed E-state index contributed by atoms with van der Waals surface area (Å²) in [6.07, 6.45) is 8.07. The van der Waals surface area contributed by atoms with Gasteiger partial charge >= 0.3 is 0 Å². The molecule has 1 aliphatic carbocycles. The highest BCUT2D eigenvalue weighted by molar-refractivity contribution is 7.80. The van der Waals surface area contributed by atoms with Gasteiger partial charge < -0.3 is 15.7 Å². The van der Waals surface area contributed by atoms with Crippen molar-refractivity contribution in [2.75, 3.05) is 0 Å². The second kappa shape index (κ2) is 5.26. The maximum Gasteiger partial charge on any atom is 0.236 e. The van der Waals surface area contributed by atoms with Gasteiger partial charge in [-0.15, -0.1) is 0 Å². The van der Waals surface area contributed by atoms with E-state index in [1.54, 1.807) is 0 Å². The SMILES string of the molecule is NC(=S)C1(C(=O)N2C3CCC2CC(O)C3)CCCCC1. The van der Waals surface area contributed by atoms with Crippen molar-refractivity contribution in [2.24, 2.45) is 11.1 Å². The molecule has 0 aromatic carbocycles. The molecule has 0 radical (unpaired) electrons. The lowest BCUT2D eigenvalue weighted by atomic mass is 9.72. The molecular weight excluding hydrogens is 272 g/mol. The summed E-state index contributed by atoms with van der Waals surface area (Å²) in [5, 5.41) is 9.88. The fourth-order valence-electron chi connectivity index (χ4n) is 4.45. The van der Waals surface area contributed by atoms with E-state index in [2.05, 4.69) is 0 Å². The van der Waals surface area contributed by atoms with Crippen LogP contribution in [0.15, 0.2) is 0 Å². The molecule has 0 aromatic heterocycles. The van der Waals surface area contributed by atoms with Crippen molar-refractivity contribution in [3.8, 4) is 0 Å². The first-order valence-corrected chi connectivity index (χ1v) is 8.26. The predicted octanol–water partition coefficient (Wildman–Crippen LogP) is 1.74. The number of rotatable bonds is 2. The number of piperidine rings is 1. The van der Waals surface area contributed by atoms with Crippen LogP contribution in [0.2, 0.25) is 0 Å². The second-order valence-electron chi connectivity index (χ2n) is 6.73. The quantitative estimate of drug-likeness (QED) is 0.762. The minimum Gasteiger partial charge on any atom is -0.393 e. The third-order valence-electron chi connectivity index (χ3n) is 5.53. The molecule has 2 heterocycles. The van der Waals surface area contributed by atoms with Gasteiger partial charge in [-0.1, -0.05) is 31.5 Å². The molecule has 112 valence electrons. The summed E-state index contributed by atoms with van der Waals surface area (Å²) in [6.45, 7) is 0. The van der Waals surface area contributed by atoms with E-state index in [0.29, 0.717) is 4.99 Å². The predicted molar refractivity (Wildman–Crippen MR) is 81.2 cm³/mol. The first kappa shape index (κ1) is 14.3. The maximum absolute atomic E-state index is 13.2. The van der Waals surface area contributed by atoms with Crippen LogP contribution in [0.3, 0.4) is 0 Å². The van der Waals surface area contributed by atoms with Crippen molar-refractivity contribution in [2.45, 2.75) is 76.0 Å². The van der Waals surface area contributed by atoms with Gasteiger partial charge in [0, 0.05) is 12.1 Å². The zero-order valence-electron chi connectivity index (χ0n) is 11.9. The molecule has 0 aromatic rings. The van der Waals surface area contributed by atoms with Crippen LogP contribution < -0.4 is 5.73 Å². The average Bonchev–Trinajstić information content (AvgIpc) is 2.70. The summed E-state index contributed by atoms with van der Waals surface area (Å²) >= 11 is 5.27. The number of carbonyl (C=O) groups excluding carboxylic acids is 1. The topological polar surface area (TPSA) is 66.6 Å². The number of nitrogens with zero attached hydrogens (tertiary/aromatic N) is 1. The van der Waals surface area contributed by atoms with Crippen LogP contribution in [0.25, 0.3) is 0 Å². The van der Waals surface area contributed by atoms with Gasteiger partial charge in [0.15, 0.2) is 0 Å². The van der Waals surface area contributed by atoms with E-state index in [0.717, 1.165) is 51.4 Å². The first-order valence-electron chi connectivity index (χ1n) is 7.85. The number of thiocarbonyl (C=S) groups is 1. The fourth-order valence-corrected chi connectivity index (χ4v) is 4.74. The normalized spacial score (nSPS) is 35.9. The van der Waals surface area contributed by atoms with Crippen molar-refractivity contribution >= 4 is 23.1 Å². The fraction of sp³-hybridized carbons (Fsp3) is 0.867. The Hall–Kier alpha value is -0.680. The molecule has 2 atom stereocenters. The number of aliphatic hydroxyl groups excluding tert-OH is 1. The number of carbonyl (C=O) groups is 1. The molecule has 1 amide bonds. The molecule has 3 rings (SSSR count). The number of amides is 1. The van der Waals surface area contributed by atoms with Crippen LogP contribution in [0.1, 0.15) is 57.8 Å². The lowest BCUT2D eigenvalue weighted by molar-refractivity contribution is -0.146. The Labute approximate surface area is 125 Å². The number of fused-ring (bicyclic) bond motifs is 2. The minimum atomic E-state index is -0.600. The molecule has 4 nitrogen and oxygen atoms in total. The van der Waals surface area contributed by atoms with E-state index in [4.69, 9.17) is 18.0 Å². The van der Waals surface area contributed by atoms with Gasteiger partial charge in [-0.3, -0.25) is 4.79 Å². The number of hydrogen-bond donors (Lipinski definition) is 2. The van der Waals surface area contributed by atoms with Gasteiger partial charge in [0.05, 0.1) is 16.5 Å². The lowest BCUT2D eigenvalue weighted by Crippen LogP contribution is -2.57. The number of hydrogen-bond acceptors (Lipinski definition) is 3. The van der Waals surface area contributed by atoms with Gasteiger partial charge in [-0.25, -0.2) is 0 Å². The Bertz CT molecular complexity index is 406. The van der Waals surface area contributed by atoms with Gasteiger partial charge in [-0.2, -0.15) is 0 Å². The molecule has 5 heteroatoms. The Balaban J connectivity index is 1.85. The Morgan fingerprint density at radius 3 is 2.20 bits per heavy atom. The molecule has 3 aliphatic rings. The summed E-state index contributed by atoms with van der Waals surface area (Å²) in [4.78, 5) is 15.6. The highest BCUT2D eigenvalue weighted by atomic mass is 32.1. The Morgan fingerprint density at radius 1 is 1.15 bits per heavy atom. The molecule has 2 unspecified atom stereocenters. The summed E-state index contributed by atoms with van der Waals surface area (Å²) in [5.74, 6) is 0.157. The van der Waals surface area contributed by atoms with Gasteiger partial charge in [0.2, 0.25) is 5.91 Å². The zero-order chi connectivity index (χ0) is 14.3. The van der Waals surface area contributed by atoms with Crippen LogP contribution in [0.4, 0.5) is 0 Å². The highest BCUT2D eigenvalue weighted by Crippen LogP contribution is 2.44.